The Kier molecular flexibility index (Phi) is 5.52. The molecule has 0 N–H and O–H groups in total. The number of aryl methyl sites for hydroxylation is 1. The molecule has 1 atom stereocenters. The van der Waals surface area contributed by atoms with Crippen molar-refractivity contribution in [1.29, 1.82) is 0 Å². The van der Waals surface area contributed by atoms with Gasteiger partial charge in [-0.15, -0.1) is 0 Å². The second-order valence-corrected chi connectivity index (χ2v) is 7.82. The van der Waals surface area contributed by atoms with Crippen LogP contribution in [0.15, 0.2) is 82.5 Å². The molecule has 0 fully saturated rings. The molecule has 1 aliphatic heterocycles. The minimum absolute atomic E-state index is 0.161. The molecular formula is C26H23N3O4. The Hall–Kier alpha value is -4.13. The van der Waals surface area contributed by atoms with Crippen molar-refractivity contribution >= 4 is 22.5 Å². The third-order valence-corrected chi connectivity index (χ3v) is 5.63. The molecule has 0 saturated carbocycles. The van der Waals surface area contributed by atoms with Gasteiger partial charge >= 0.3 is 0 Å². The first-order chi connectivity index (χ1) is 16.1. The molecule has 2 aromatic carbocycles. The first-order valence-electron chi connectivity index (χ1n) is 10.7. The first-order valence-corrected chi connectivity index (χ1v) is 10.7. The third-order valence-electron chi connectivity index (χ3n) is 5.63. The summed E-state index contributed by atoms with van der Waals surface area (Å²) in [5, 5.41) is 7.06. The monoisotopic (exact) mass is 441 g/mol. The highest BCUT2D eigenvalue weighted by molar-refractivity contribution is 6.03. The maximum absolute atomic E-state index is 13.2. The summed E-state index contributed by atoms with van der Waals surface area (Å²) in [5.41, 5.74) is 3.35. The van der Waals surface area contributed by atoms with Crippen molar-refractivity contribution < 1.29 is 18.7 Å². The van der Waals surface area contributed by atoms with E-state index in [0.29, 0.717) is 17.9 Å². The van der Waals surface area contributed by atoms with Gasteiger partial charge in [0.15, 0.2) is 6.61 Å². The number of hydrogen-bond donors (Lipinski definition) is 0. The minimum atomic E-state index is -0.332. The Morgan fingerprint density at radius 1 is 1.09 bits per heavy atom. The van der Waals surface area contributed by atoms with Crippen LogP contribution in [0.5, 0.6) is 11.5 Å². The Balaban J connectivity index is 1.39. The Morgan fingerprint density at radius 2 is 1.94 bits per heavy atom. The SMILES string of the molecule is COc1ccc(C2=NN(C(=O)COc3cccc4ccc(C)nc34)C(c3ccco3)C2)cc1. The third kappa shape index (κ3) is 4.17. The fourth-order valence-electron chi connectivity index (χ4n) is 3.94. The molecule has 3 heterocycles. The zero-order valence-corrected chi connectivity index (χ0v) is 18.4. The molecule has 7 heteroatoms. The predicted octanol–water partition coefficient (Wildman–Crippen LogP) is 4.90. The van der Waals surface area contributed by atoms with E-state index in [2.05, 4.69) is 10.1 Å². The number of aromatic nitrogens is 1. The molecule has 33 heavy (non-hydrogen) atoms. The summed E-state index contributed by atoms with van der Waals surface area (Å²) in [6, 6.07) is 20.6. The van der Waals surface area contributed by atoms with E-state index in [1.54, 1.807) is 13.4 Å². The molecule has 0 radical (unpaired) electrons. The zero-order valence-electron chi connectivity index (χ0n) is 18.4. The lowest BCUT2D eigenvalue weighted by Crippen LogP contribution is -2.31. The van der Waals surface area contributed by atoms with Crippen molar-refractivity contribution in [2.75, 3.05) is 13.7 Å². The van der Waals surface area contributed by atoms with E-state index >= 15 is 0 Å². The Bertz CT molecular complexity index is 1310. The molecule has 1 amide bonds. The van der Waals surface area contributed by atoms with Crippen LogP contribution in [0.3, 0.4) is 0 Å². The van der Waals surface area contributed by atoms with Crippen molar-refractivity contribution in [3.8, 4) is 11.5 Å². The van der Waals surface area contributed by atoms with Gasteiger partial charge in [0.25, 0.3) is 5.91 Å². The molecule has 5 rings (SSSR count). The smallest absolute Gasteiger partial charge is 0.281 e. The molecule has 1 unspecified atom stereocenters. The van der Waals surface area contributed by atoms with Crippen LogP contribution in [-0.2, 0) is 4.79 Å². The standard InChI is InChI=1S/C26H23N3O4/c1-17-8-9-19-5-3-6-24(26(19)27-17)33-16-25(30)29-22(23-7-4-14-32-23)15-21(28-29)18-10-12-20(31-2)13-11-18/h3-14,22H,15-16H2,1-2H3. The van der Waals surface area contributed by atoms with E-state index < -0.39 is 0 Å². The summed E-state index contributed by atoms with van der Waals surface area (Å²) in [6.45, 7) is 1.76. The number of nitrogens with zero attached hydrogens (tertiary/aromatic N) is 3. The second-order valence-electron chi connectivity index (χ2n) is 7.82. The topological polar surface area (TPSA) is 77.2 Å². The highest BCUT2D eigenvalue weighted by Gasteiger charge is 2.35. The van der Waals surface area contributed by atoms with E-state index in [1.807, 2.05) is 73.7 Å². The van der Waals surface area contributed by atoms with Gasteiger partial charge in [-0.05, 0) is 61.0 Å². The lowest BCUT2D eigenvalue weighted by molar-refractivity contribution is -0.135. The molecule has 0 bridgehead atoms. The van der Waals surface area contributed by atoms with Crippen molar-refractivity contribution in [3.63, 3.8) is 0 Å². The molecule has 166 valence electrons. The second kappa shape index (κ2) is 8.78. The van der Waals surface area contributed by atoms with Gasteiger partial charge in [-0.1, -0.05) is 18.2 Å². The number of benzene rings is 2. The predicted molar refractivity (Wildman–Crippen MR) is 124 cm³/mol. The van der Waals surface area contributed by atoms with Crippen LogP contribution in [0.2, 0.25) is 0 Å². The van der Waals surface area contributed by atoms with Crippen LogP contribution < -0.4 is 9.47 Å². The molecule has 0 saturated heterocycles. The number of carbonyl (C=O) groups is 1. The van der Waals surface area contributed by atoms with Gasteiger partial charge in [0.05, 0.1) is 19.1 Å². The van der Waals surface area contributed by atoms with Crippen molar-refractivity contribution in [3.05, 3.63) is 90.0 Å². The largest absolute Gasteiger partial charge is 0.497 e. The van der Waals surface area contributed by atoms with Crippen molar-refractivity contribution in [2.24, 2.45) is 5.10 Å². The van der Waals surface area contributed by atoms with Crippen molar-refractivity contribution in [2.45, 2.75) is 19.4 Å². The maximum Gasteiger partial charge on any atom is 0.281 e. The highest BCUT2D eigenvalue weighted by Crippen LogP contribution is 2.33. The van der Waals surface area contributed by atoms with Gasteiger partial charge in [0.1, 0.15) is 28.8 Å². The average Bonchev–Trinajstić information content (AvgIpc) is 3.53. The molecule has 7 nitrogen and oxygen atoms in total. The van der Waals surface area contributed by atoms with Gasteiger partial charge in [-0.2, -0.15) is 5.10 Å². The van der Waals surface area contributed by atoms with Crippen LogP contribution in [0.25, 0.3) is 10.9 Å². The van der Waals surface area contributed by atoms with E-state index in [9.17, 15) is 4.79 Å². The quantitative estimate of drug-likeness (QED) is 0.425. The number of hydrazone groups is 1. The summed E-state index contributed by atoms with van der Waals surface area (Å²) >= 11 is 0. The number of hydrogen-bond acceptors (Lipinski definition) is 6. The molecular weight excluding hydrogens is 418 g/mol. The normalized spacial score (nSPS) is 15.5. The maximum atomic E-state index is 13.2. The summed E-state index contributed by atoms with van der Waals surface area (Å²) in [7, 11) is 1.63. The van der Waals surface area contributed by atoms with E-state index in [0.717, 1.165) is 33.6 Å². The molecule has 1 aliphatic rings. The van der Waals surface area contributed by atoms with Gasteiger partial charge in [-0.25, -0.2) is 9.99 Å². The Morgan fingerprint density at radius 3 is 2.70 bits per heavy atom. The van der Waals surface area contributed by atoms with E-state index in [1.165, 1.54) is 5.01 Å². The molecule has 2 aromatic heterocycles. The number of rotatable bonds is 6. The fraction of sp³-hybridized carbons (Fsp3) is 0.192. The lowest BCUT2D eigenvalue weighted by atomic mass is 10.0. The van der Waals surface area contributed by atoms with Gasteiger partial charge in [0, 0.05) is 17.5 Å². The summed E-state index contributed by atoms with van der Waals surface area (Å²) in [4.78, 5) is 17.8. The lowest BCUT2D eigenvalue weighted by Gasteiger charge is -2.20. The van der Waals surface area contributed by atoms with Gasteiger partial charge < -0.3 is 13.9 Å². The van der Waals surface area contributed by atoms with Gasteiger partial charge in [-0.3, -0.25) is 4.79 Å². The minimum Gasteiger partial charge on any atom is -0.497 e. The van der Waals surface area contributed by atoms with E-state index in [-0.39, 0.29) is 18.6 Å². The number of methoxy groups -OCH3 is 1. The number of fused-ring (bicyclic) bond motifs is 1. The van der Waals surface area contributed by atoms with Crippen LogP contribution >= 0.6 is 0 Å². The van der Waals surface area contributed by atoms with Crippen molar-refractivity contribution in [1.82, 2.24) is 9.99 Å². The molecule has 4 aromatic rings. The first kappa shape index (κ1) is 20.8. The Labute approximate surface area is 191 Å². The number of ether oxygens (including phenoxy) is 2. The number of para-hydroxylation sites is 1. The number of furan rings is 1. The molecule has 0 aliphatic carbocycles. The summed E-state index contributed by atoms with van der Waals surface area (Å²) in [5.74, 6) is 1.75. The zero-order chi connectivity index (χ0) is 22.8. The summed E-state index contributed by atoms with van der Waals surface area (Å²) in [6.07, 6.45) is 2.14. The van der Waals surface area contributed by atoms with Crippen LogP contribution in [0, 0.1) is 6.92 Å². The highest BCUT2D eigenvalue weighted by atomic mass is 16.5. The number of carbonyl (C=O) groups excluding carboxylic acids is 1. The van der Waals surface area contributed by atoms with E-state index in [4.69, 9.17) is 13.9 Å². The average molecular weight is 441 g/mol. The number of amides is 1. The summed E-state index contributed by atoms with van der Waals surface area (Å²) < 4.78 is 16.8. The van der Waals surface area contributed by atoms with Crippen LogP contribution in [-0.4, -0.2) is 35.3 Å². The molecule has 0 spiro atoms. The fourth-order valence-corrected chi connectivity index (χ4v) is 3.94. The number of pyridine rings is 1. The van der Waals surface area contributed by atoms with Gasteiger partial charge in [0.2, 0.25) is 0 Å². The van der Waals surface area contributed by atoms with Crippen LogP contribution in [0.1, 0.15) is 29.5 Å². The van der Waals surface area contributed by atoms with Crippen LogP contribution in [0.4, 0.5) is 0 Å².